The molecule has 0 saturated carbocycles. The van der Waals surface area contributed by atoms with Crippen LogP contribution in [-0.4, -0.2) is 49.3 Å². The highest BCUT2D eigenvalue weighted by molar-refractivity contribution is 7.47. The number of esters is 2. The van der Waals surface area contributed by atoms with Gasteiger partial charge < -0.3 is 20.1 Å². The van der Waals surface area contributed by atoms with Crippen molar-refractivity contribution < 1.29 is 37.6 Å². The van der Waals surface area contributed by atoms with Crippen molar-refractivity contribution in [2.45, 2.75) is 219 Å². The van der Waals surface area contributed by atoms with E-state index in [2.05, 4.69) is 98.9 Å². The van der Waals surface area contributed by atoms with Crippen LogP contribution in [0.4, 0.5) is 0 Å². The number of phosphoric acid groups is 1. The van der Waals surface area contributed by atoms with E-state index in [1.807, 2.05) is 0 Å². The molecule has 0 amide bonds. The fraction of sp³-hybridized carbons (Fsp3) is 0.704. The summed E-state index contributed by atoms with van der Waals surface area (Å²) in [4.78, 5) is 35.1. The summed E-state index contributed by atoms with van der Waals surface area (Å²) in [6.07, 6.45) is 63.3. The van der Waals surface area contributed by atoms with Gasteiger partial charge in [0.05, 0.1) is 13.2 Å². The lowest BCUT2D eigenvalue weighted by Crippen LogP contribution is -2.29. The number of rotatable bonds is 47. The quantitative estimate of drug-likeness (QED) is 0.0265. The Bertz CT molecular complexity index is 1320. The standard InChI is InChI=1S/C54H94NO8P/c1-3-5-7-9-11-13-15-17-19-21-23-24-25-26-27-28-29-31-33-35-37-39-41-43-45-47-54(57)63-52(51-62-64(58,59)61-49-48-55)50-60-53(56)46-44-42-40-38-36-34-32-30-22-20-18-16-14-12-10-8-6-4-2/h5,7,11,13-14,16-17,19-20,22-24,26-27,52H,3-4,6,8-10,12,15,18,21,25,28-51,55H2,1-2H3,(H,58,59)/b7-5-,13-11-,16-14-,19-17-,22-20-,24-23-,27-26-. The molecule has 0 aromatic heterocycles. The van der Waals surface area contributed by atoms with Gasteiger partial charge in [0, 0.05) is 19.4 Å². The largest absolute Gasteiger partial charge is 0.472 e. The predicted molar refractivity (Wildman–Crippen MR) is 270 cm³/mol. The lowest BCUT2D eigenvalue weighted by molar-refractivity contribution is -0.161. The van der Waals surface area contributed by atoms with Gasteiger partial charge >= 0.3 is 19.8 Å². The molecule has 0 bridgehead atoms. The number of hydrogen-bond donors (Lipinski definition) is 2. The van der Waals surface area contributed by atoms with Crippen molar-refractivity contribution in [2.75, 3.05) is 26.4 Å². The van der Waals surface area contributed by atoms with Crippen LogP contribution in [0.15, 0.2) is 85.1 Å². The first kappa shape index (κ1) is 61.2. The van der Waals surface area contributed by atoms with Crippen molar-refractivity contribution in [3.8, 4) is 0 Å². The van der Waals surface area contributed by atoms with Crippen LogP contribution >= 0.6 is 7.82 Å². The monoisotopic (exact) mass is 916 g/mol. The Kier molecular flexibility index (Phi) is 47.4. The number of allylic oxidation sites excluding steroid dienone is 14. The molecule has 0 aromatic carbocycles. The average molecular weight is 916 g/mol. The number of carbonyl (C=O) groups excluding carboxylic acids is 2. The number of carbonyl (C=O) groups is 2. The van der Waals surface area contributed by atoms with Crippen LogP contribution in [0.25, 0.3) is 0 Å². The second-order valence-electron chi connectivity index (χ2n) is 16.7. The van der Waals surface area contributed by atoms with E-state index >= 15 is 0 Å². The first-order valence-electron chi connectivity index (χ1n) is 25.6. The minimum absolute atomic E-state index is 0.0472. The summed E-state index contributed by atoms with van der Waals surface area (Å²) in [5.41, 5.74) is 5.37. The lowest BCUT2D eigenvalue weighted by atomic mass is 10.1. The van der Waals surface area contributed by atoms with E-state index in [-0.39, 0.29) is 32.6 Å². The molecule has 3 N–H and O–H groups in total. The third-order valence-electron chi connectivity index (χ3n) is 10.5. The second kappa shape index (κ2) is 49.6. The summed E-state index contributed by atoms with van der Waals surface area (Å²) < 4.78 is 32.9. The molecule has 0 aliphatic rings. The van der Waals surface area contributed by atoms with Crippen LogP contribution < -0.4 is 5.73 Å². The summed E-state index contributed by atoms with van der Waals surface area (Å²) in [6, 6.07) is 0. The number of hydrogen-bond acceptors (Lipinski definition) is 8. The van der Waals surface area contributed by atoms with Gasteiger partial charge in [0.15, 0.2) is 6.10 Å². The van der Waals surface area contributed by atoms with E-state index in [0.717, 1.165) is 96.3 Å². The van der Waals surface area contributed by atoms with Gasteiger partial charge in [-0.3, -0.25) is 18.6 Å². The van der Waals surface area contributed by atoms with Gasteiger partial charge in [-0.25, -0.2) is 4.57 Å². The first-order chi connectivity index (χ1) is 31.3. The van der Waals surface area contributed by atoms with Crippen LogP contribution in [-0.2, 0) is 32.7 Å². The SMILES string of the molecule is CC/C=C\C/C=C\C/C=C\C/C=C\C/C=C\CCCCCCCCCCCC(=O)OC(COC(=O)CCCCCCCCC/C=C\C/C=C\CCCCCC)COP(=O)(O)OCCN. The third-order valence-corrected chi connectivity index (χ3v) is 11.5. The minimum Gasteiger partial charge on any atom is -0.462 e. The van der Waals surface area contributed by atoms with E-state index in [0.29, 0.717) is 6.42 Å². The molecule has 0 spiro atoms. The molecule has 0 radical (unpaired) electrons. The topological polar surface area (TPSA) is 134 Å². The molecule has 0 fully saturated rings. The highest BCUT2D eigenvalue weighted by Crippen LogP contribution is 2.43. The van der Waals surface area contributed by atoms with Gasteiger partial charge in [0.25, 0.3) is 0 Å². The van der Waals surface area contributed by atoms with E-state index in [1.165, 1.54) is 83.5 Å². The van der Waals surface area contributed by atoms with Crippen LogP contribution in [0.3, 0.4) is 0 Å². The zero-order valence-corrected chi connectivity index (χ0v) is 41.6. The molecule has 2 atom stereocenters. The van der Waals surface area contributed by atoms with Crippen LogP contribution in [0.1, 0.15) is 213 Å². The van der Waals surface area contributed by atoms with Crippen LogP contribution in [0.5, 0.6) is 0 Å². The highest BCUT2D eigenvalue weighted by Gasteiger charge is 2.26. The summed E-state index contributed by atoms with van der Waals surface area (Å²) in [5.74, 6) is -0.847. The van der Waals surface area contributed by atoms with Crippen molar-refractivity contribution >= 4 is 19.8 Å². The normalized spacial score (nSPS) is 13.9. The van der Waals surface area contributed by atoms with E-state index in [4.69, 9.17) is 24.3 Å². The summed E-state index contributed by atoms with van der Waals surface area (Å²) >= 11 is 0. The Balaban J connectivity index is 4.09. The maximum Gasteiger partial charge on any atom is 0.472 e. The Hall–Kier alpha value is -2.81. The van der Waals surface area contributed by atoms with Crippen LogP contribution in [0.2, 0.25) is 0 Å². The molecule has 0 aliphatic heterocycles. The molecule has 0 saturated heterocycles. The van der Waals surface area contributed by atoms with Crippen LogP contribution in [0, 0.1) is 0 Å². The lowest BCUT2D eigenvalue weighted by Gasteiger charge is -2.19. The van der Waals surface area contributed by atoms with Gasteiger partial charge in [-0.05, 0) is 89.9 Å². The van der Waals surface area contributed by atoms with Crippen molar-refractivity contribution in [1.29, 1.82) is 0 Å². The number of ether oxygens (including phenoxy) is 2. The van der Waals surface area contributed by atoms with Gasteiger partial charge in [-0.1, -0.05) is 195 Å². The summed E-state index contributed by atoms with van der Waals surface area (Å²) in [5, 5.41) is 0. The van der Waals surface area contributed by atoms with E-state index in [9.17, 15) is 19.0 Å². The molecule has 0 aliphatic carbocycles. The maximum absolute atomic E-state index is 12.7. The number of phosphoric ester groups is 1. The zero-order valence-electron chi connectivity index (χ0n) is 40.7. The zero-order chi connectivity index (χ0) is 46.7. The van der Waals surface area contributed by atoms with E-state index in [1.54, 1.807) is 0 Å². The van der Waals surface area contributed by atoms with Crippen molar-refractivity contribution in [2.24, 2.45) is 5.73 Å². The highest BCUT2D eigenvalue weighted by atomic mass is 31.2. The van der Waals surface area contributed by atoms with Crippen molar-refractivity contribution in [3.63, 3.8) is 0 Å². The van der Waals surface area contributed by atoms with Gasteiger partial charge in [-0.15, -0.1) is 0 Å². The summed E-state index contributed by atoms with van der Waals surface area (Å²) in [7, 11) is -4.39. The smallest absolute Gasteiger partial charge is 0.462 e. The Morgan fingerprint density at radius 3 is 1.28 bits per heavy atom. The van der Waals surface area contributed by atoms with Gasteiger partial charge in [0.1, 0.15) is 6.61 Å². The minimum atomic E-state index is -4.39. The number of unbranched alkanes of at least 4 members (excludes halogenated alkanes) is 20. The Labute approximate surface area is 392 Å². The molecule has 0 heterocycles. The molecular formula is C54H94NO8P. The second-order valence-corrected chi connectivity index (χ2v) is 18.1. The molecule has 9 nitrogen and oxygen atoms in total. The predicted octanol–water partition coefficient (Wildman–Crippen LogP) is 15.6. The molecule has 64 heavy (non-hydrogen) atoms. The molecule has 2 unspecified atom stereocenters. The van der Waals surface area contributed by atoms with Gasteiger partial charge in [-0.2, -0.15) is 0 Å². The Morgan fingerprint density at radius 1 is 0.484 bits per heavy atom. The molecular weight excluding hydrogens is 822 g/mol. The molecule has 10 heteroatoms. The Morgan fingerprint density at radius 2 is 0.859 bits per heavy atom. The van der Waals surface area contributed by atoms with E-state index < -0.39 is 32.5 Å². The third kappa shape index (κ3) is 48.6. The maximum atomic E-state index is 12.7. The van der Waals surface area contributed by atoms with Crippen molar-refractivity contribution in [1.82, 2.24) is 0 Å². The average Bonchev–Trinajstić information content (AvgIpc) is 3.28. The molecule has 0 rings (SSSR count). The first-order valence-corrected chi connectivity index (χ1v) is 27.1. The van der Waals surface area contributed by atoms with Crippen molar-refractivity contribution in [3.05, 3.63) is 85.1 Å². The van der Waals surface area contributed by atoms with Gasteiger partial charge in [0.2, 0.25) is 0 Å². The fourth-order valence-corrected chi connectivity index (χ4v) is 7.52. The summed E-state index contributed by atoms with van der Waals surface area (Å²) in [6.45, 7) is 3.59. The molecule has 0 aromatic rings. The number of nitrogens with two attached hydrogens (primary N) is 1. The fourth-order valence-electron chi connectivity index (χ4n) is 6.75. The molecule has 368 valence electrons.